The molecule has 1 aliphatic rings. The van der Waals surface area contributed by atoms with Crippen LogP contribution in [0.3, 0.4) is 0 Å². The Labute approximate surface area is 181 Å². The highest BCUT2D eigenvalue weighted by atomic mass is 19.1. The van der Waals surface area contributed by atoms with Crippen LogP contribution in [-0.2, 0) is 18.6 Å². The van der Waals surface area contributed by atoms with E-state index in [1.54, 1.807) is 0 Å². The normalized spacial score (nSPS) is 18.6. The van der Waals surface area contributed by atoms with E-state index >= 15 is 0 Å². The zero-order chi connectivity index (χ0) is 21.8. The van der Waals surface area contributed by atoms with Crippen LogP contribution in [0.4, 0.5) is 8.78 Å². The maximum absolute atomic E-state index is 14.7. The molecular weight excluding hydrogens is 398 g/mol. The third kappa shape index (κ3) is 4.83. The second kappa shape index (κ2) is 9.24. The molecule has 1 aromatic heterocycles. The molecule has 1 saturated heterocycles. The van der Waals surface area contributed by atoms with Crippen molar-refractivity contribution in [3.8, 4) is 0 Å². The fraction of sp³-hybridized carbons (Fsp3) is 0.417. The third-order valence-corrected chi connectivity index (χ3v) is 6.52. The number of rotatable bonds is 7. The number of piperidine rings is 1. The van der Waals surface area contributed by atoms with Crippen LogP contribution in [0, 0.1) is 17.6 Å². The van der Waals surface area contributed by atoms with Gasteiger partial charge in [-0.3, -0.25) is 4.90 Å². The summed E-state index contributed by atoms with van der Waals surface area (Å²) in [5, 5.41) is 15.8. The van der Waals surface area contributed by atoms with E-state index in [2.05, 4.69) is 39.2 Å². The number of aromatic nitrogens is 3. The van der Waals surface area contributed by atoms with Crippen LogP contribution in [0.1, 0.15) is 30.9 Å². The van der Waals surface area contributed by atoms with Gasteiger partial charge in [-0.25, -0.2) is 18.4 Å². The monoisotopic (exact) mass is 426 g/mol. The molecule has 164 valence electrons. The first-order valence-electron chi connectivity index (χ1n) is 10.7. The molecule has 5 nitrogen and oxygen atoms in total. The fourth-order valence-corrected chi connectivity index (χ4v) is 4.64. The Morgan fingerprint density at radius 3 is 2.52 bits per heavy atom. The number of hydrogen-bond donors (Lipinski definition) is 1. The standard InChI is InChI=1S/C24H28F2N4O/c1-18(29-11-9-20(10-12-29)13-19-5-3-2-4-6-19)24(31,15-30-17-27-16-28-30)22-8-7-21(25)14-23(22)26/h2-8,14,16-18,20,31H,9-13,15H2,1H3/t18-,24-/m1/s1. The van der Waals surface area contributed by atoms with Crippen molar-refractivity contribution in [2.45, 2.75) is 44.4 Å². The molecule has 0 saturated carbocycles. The highest BCUT2D eigenvalue weighted by molar-refractivity contribution is 5.27. The Hall–Kier alpha value is -2.64. The number of hydrogen-bond acceptors (Lipinski definition) is 4. The Kier molecular flexibility index (Phi) is 6.43. The molecule has 0 unspecified atom stereocenters. The molecule has 0 amide bonds. The van der Waals surface area contributed by atoms with Gasteiger partial charge in [0.15, 0.2) is 0 Å². The van der Waals surface area contributed by atoms with E-state index in [9.17, 15) is 13.9 Å². The van der Waals surface area contributed by atoms with Crippen LogP contribution in [0.15, 0.2) is 61.2 Å². The molecule has 7 heteroatoms. The van der Waals surface area contributed by atoms with Gasteiger partial charge in [0.1, 0.15) is 29.9 Å². The average molecular weight is 427 g/mol. The van der Waals surface area contributed by atoms with Gasteiger partial charge < -0.3 is 5.11 Å². The molecule has 3 aromatic rings. The minimum atomic E-state index is -1.59. The quantitative estimate of drug-likeness (QED) is 0.625. The largest absolute Gasteiger partial charge is 0.381 e. The Balaban J connectivity index is 1.51. The van der Waals surface area contributed by atoms with E-state index in [0.717, 1.165) is 38.4 Å². The summed E-state index contributed by atoms with van der Waals surface area (Å²) in [5.74, 6) is -0.844. The third-order valence-electron chi connectivity index (χ3n) is 6.52. The van der Waals surface area contributed by atoms with Crippen molar-refractivity contribution in [2.24, 2.45) is 5.92 Å². The zero-order valence-electron chi connectivity index (χ0n) is 17.7. The van der Waals surface area contributed by atoms with Gasteiger partial charge in [0.05, 0.1) is 6.54 Å². The predicted octanol–water partition coefficient (Wildman–Crippen LogP) is 3.79. The van der Waals surface area contributed by atoms with Crippen LogP contribution in [0.5, 0.6) is 0 Å². The van der Waals surface area contributed by atoms with E-state index in [0.29, 0.717) is 5.92 Å². The Bertz CT molecular complexity index is 975. The number of aliphatic hydroxyl groups is 1. The molecule has 1 fully saturated rings. The maximum Gasteiger partial charge on any atom is 0.137 e. The molecule has 0 bridgehead atoms. The van der Waals surface area contributed by atoms with E-state index in [1.165, 1.54) is 35.0 Å². The number of benzene rings is 2. The van der Waals surface area contributed by atoms with Crippen LogP contribution in [0.25, 0.3) is 0 Å². The minimum Gasteiger partial charge on any atom is -0.381 e. The molecule has 2 heterocycles. The molecule has 4 rings (SSSR count). The van der Waals surface area contributed by atoms with Gasteiger partial charge in [0, 0.05) is 17.7 Å². The minimum absolute atomic E-state index is 0.0284. The van der Waals surface area contributed by atoms with Crippen LogP contribution >= 0.6 is 0 Å². The smallest absolute Gasteiger partial charge is 0.137 e. The SMILES string of the molecule is C[C@@H](N1CCC(Cc2ccccc2)CC1)[C@](O)(Cn1cncn1)c1ccc(F)cc1F. The van der Waals surface area contributed by atoms with E-state index in [1.807, 2.05) is 13.0 Å². The molecule has 0 spiro atoms. The molecule has 0 radical (unpaired) electrons. The van der Waals surface area contributed by atoms with Gasteiger partial charge in [-0.2, -0.15) is 5.10 Å². The molecule has 1 aliphatic heterocycles. The molecule has 2 aromatic carbocycles. The van der Waals surface area contributed by atoms with Crippen LogP contribution in [-0.4, -0.2) is 43.9 Å². The summed E-state index contributed by atoms with van der Waals surface area (Å²) in [6, 6.07) is 13.4. The topological polar surface area (TPSA) is 54.2 Å². The van der Waals surface area contributed by atoms with Crippen molar-refractivity contribution in [1.29, 1.82) is 0 Å². The zero-order valence-corrected chi connectivity index (χ0v) is 17.7. The molecular formula is C24H28F2N4O. The second-order valence-corrected chi connectivity index (χ2v) is 8.49. The summed E-state index contributed by atoms with van der Waals surface area (Å²) >= 11 is 0. The van der Waals surface area contributed by atoms with Gasteiger partial charge in [-0.05, 0) is 56.8 Å². The summed E-state index contributed by atoms with van der Waals surface area (Å²) in [6.45, 7) is 3.54. The van der Waals surface area contributed by atoms with Crippen molar-refractivity contribution in [3.63, 3.8) is 0 Å². The van der Waals surface area contributed by atoms with Crippen LogP contribution < -0.4 is 0 Å². The number of nitrogens with zero attached hydrogens (tertiary/aromatic N) is 4. The fourth-order valence-electron chi connectivity index (χ4n) is 4.64. The van der Waals surface area contributed by atoms with Gasteiger partial charge in [0.25, 0.3) is 0 Å². The van der Waals surface area contributed by atoms with Gasteiger partial charge in [-0.15, -0.1) is 0 Å². The maximum atomic E-state index is 14.7. The van der Waals surface area contributed by atoms with Crippen molar-refractivity contribution < 1.29 is 13.9 Å². The lowest BCUT2D eigenvalue weighted by molar-refractivity contribution is -0.0712. The number of likely N-dealkylation sites (tertiary alicyclic amines) is 1. The average Bonchev–Trinajstić information content (AvgIpc) is 3.27. The summed E-state index contributed by atoms with van der Waals surface area (Å²) < 4.78 is 29.8. The highest BCUT2D eigenvalue weighted by Gasteiger charge is 2.42. The van der Waals surface area contributed by atoms with Crippen molar-refractivity contribution >= 4 is 0 Å². The molecule has 31 heavy (non-hydrogen) atoms. The van der Waals surface area contributed by atoms with E-state index in [-0.39, 0.29) is 12.1 Å². The lowest BCUT2D eigenvalue weighted by Gasteiger charge is -2.44. The summed E-state index contributed by atoms with van der Waals surface area (Å²) in [5.41, 5.74) is -0.175. The van der Waals surface area contributed by atoms with Gasteiger partial charge in [0.2, 0.25) is 0 Å². The van der Waals surface area contributed by atoms with Crippen LogP contribution in [0.2, 0.25) is 0 Å². The highest BCUT2D eigenvalue weighted by Crippen LogP contribution is 2.35. The first-order chi connectivity index (χ1) is 15.0. The predicted molar refractivity (Wildman–Crippen MR) is 114 cm³/mol. The summed E-state index contributed by atoms with van der Waals surface area (Å²) in [7, 11) is 0. The Morgan fingerprint density at radius 2 is 1.87 bits per heavy atom. The summed E-state index contributed by atoms with van der Waals surface area (Å²) in [4.78, 5) is 6.13. The summed E-state index contributed by atoms with van der Waals surface area (Å²) in [6.07, 6.45) is 5.92. The second-order valence-electron chi connectivity index (χ2n) is 8.49. The Morgan fingerprint density at radius 1 is 1.13 bits per heavy atom. The first kappa shape index (κ1) is 21.6. The van der Waals surface area contributed by atoms with Crippen molar-refractivity contribution in [2.75, 3.05) is 13.1 Å². The first-order valence-corrected chi connectivity index (χ1v) is 10.7. The molecule has 1 N–H and O–H groups in total. The molecule has 0 aliphatic carbocycles. The van der Waals surface area contributed by atoms with Gasteiger partial charge >= 0.3 is 0 Å². The van der Waals surface area contributed by atoms with Gasteiger partial charge in [-0.1, -0.05) is 36.4 Å². The van der Waals surface area contributed by atoms with E-state index < -0.39 is 23.3 Å². The van der Waals surface area contributed by atoms with Crippen molar-refractivity contribution in [3.05, 3.63) is 83.9 Å². The lowest BCUT2D eigenvalue weighted by atomic mass is 9.83. The van der Waals surface area contributed by atoms with E-state index in [4.69, 9.17) is 0 Å². The molecule has 2 atom stereocenters. The number of halogens is 2. The lowest BCUT2D eigenvalue weighted by Crippen LogP contribution is -2.54. The van der Waals surface area contributed by atoms with Crippen molar-refractivity contribution in [1.82, 2.24) is 19.7 Å².